The van der Waals surface area contributed by atoms with E-state index in [1.165, 1.54) is 38.6 Å². The molecule has 0 spiro atoms. The number of aromatic nitrogens is 1. The van der Waals surface area contributed by atoms with Crippen molar-refractivity contribution in [1.29, 1.82) is 0 Å². The third-order valence-corrected chi connectivity index (χ3v) is 9.03. The Hall–Kier alpha value is -5.28. The molecule has 0 amide bonds. The van der Waals surface area contributed by atoms with Crippen LogP contribution in [0.5, 0.6) is 0 Å². The summed E-state index contributed by atoms with van der Waals surface area (Å²) >= 11 is 0. The Morgan fingerprint density at radius 1 is 0.558 bits per heavy atom. The summed E-state index contributed by atoms with van der Waals surface area (Å²) in [6, 6.07) is 54.6. The standard InChI is InChI=1S/C40H33N3/c1-40(2)37-35(41-39(40)28-14-6-3-7-15-28)27-26-34-33-20-12-13-21-36(33)43(38(34)37)32-24-22-31(23-25-32)42(29-16-8-4-9-17-29)30-18-10-5-11-19-30/h3-27,39,41H,1-2H3. The van der Waals surface area contributed by atoms with Gasteiger partial charge in [-0.25, -0.2) is 0 Å². The van der Waals surface area contributed by atoms with E-state index in [1.807, 2.05) is 0 Å². The van der Waals surface area contributed by atoms with E-state index in [9.17, 15) is 0 Å². The van der Waals surface area contributed by atoms with E-state index in [2.05, 4.69) is 180 Å². The van der Waals surface area contributed by atoms with Crippen molar-refractivity contribution in [1.82, 2.24) is 4.57 Å². The lowest BCUT2D eigenvalue weighted by molar-refractivity contribution is 0.476. The van der Waals surface area contributed by atoms with Gasteiger partial charge in [-0.2, -0.15) is 0 Å². The fraction of sp³-hybridized carbons (Fsp3) is 0.100. The van der Waals surface area contributed by atoms with E-state index in [-0.39, 0.29) is 11.5 Å². The highest BCUT2D eigenvalue weighted by Gasteiger charge is 2.42. The van der Waals surface area contributed by atoms with Gasteiger partial charge in [-0.1, -0.05) is 105 Å². The van der Waals surface area contributed by atoms with Crippen LogP contribution < -0.4 is 10.2 Å². The molecule has 0 saturated carbocycles. The molecule has 0 saturated heterocycles. The maximum absolute atomic E-state index is 3.90. The quantitative estimate of drug-likeness (QED) is 0.228. The summed E-state index contributed by atoms with van der Waals surface area (Å²) in [5, 5.41) is 6.46. The van der Waals surface area contributed by atoms with Crippen molar-refractivity contribution in [3.8, 4) is 5.69 Å². The van der Waals surface area contributed by atoms with E-state index in [0.717, 1.165) is 22.7 Å². The number of fused-ring (bicyclic) bond motifs is 5. The molecule has 1 aliphatic heterocycles. The molecule has 1 aliphatic rings. The number of rotatable bonds is 5. The number of benzene rings is 6. The van der Waals surface area contributed by atoms with Crippen molar-refractivity contribution in [2.45, 2.75) is 25.3 Å². The number of hydrogen-bond acceptors (Lipinski definition) is 2. The first-order valence-electron chi connectivity index (χ1n) is 15.0. The Morgan fingerprint density at radius 3 is 1.77 bits per heavy atom. The molecule has 1 N–H and O–H groups in total. The van der Waals surface area contributed by atoms with Crippen LogP contribution in [0, 0.1) is 0 Å². The molecule has 0 fully saturated rings. The van der Waals surface area contributed by atoms with Gasteiger partial charge in [0.05, 0.1) is 17.1 Å². The molecule has 0 aliphatic carbocycles. The van der Waals surface area contributed by atoms with Gasteiger partial charge in [0.2, 0.25) is 0 Å². The van der Waals surface area contributed by atoms with Crippen molar-refractivity contribution >= 4 is 44.6 Å². The van der Waals surface area contributed by atoms with Gasteiger partial charge >= 0.3 is 0 Å². The van der Waals surface area contributed by atoms with Crippen molar-refractivity contribution in [2.24, 2.45) is 0 Å². The lowest BCUT2D eigenvalue weighted by atomic mass is 9.77. The van der Waals surface area contributed by atoms with Gasteiger partial charge in [0.1, 0.15) is 0 Å². The Bertz CT molecular complexity index is 2020. The molecule has 0 radical (unpaired) electrons. The van der Waals surface area contributed by atoms with Gasteiger partial charge < -0.3 is 14.8 Å². The average molecular weight is 556 g/mol. The first-order chi connectivity index (χ1) is 21.1. The maximum atomic E-state index is 3.90. The van der Waals surface area contributed by atoms with Crippen LogP contribution in [0.3, 0.4) is 0 Å². The molecule has 2 heterocycles. The first-order valence-corrected chi connectivity index (χ1v) is 15.0. The van der Waals surface area contributed by atoms with Gasteiger partial charge in [-0.15, -0.1) is 0 Å². The van der Waals surface area contributed by atoms with Gasteiger partial charge in [-0.05, 0) is 66.2 Å². The number of hydrogen-bond donors (Lipinski definition) is 1. The number of nitrogens with one attached hydrogen (secondary N) is 1. The molecule has 7 aromatic rings. The lowest BCUT2D eigenvalue weighted by Crippen LogP contribution is -2.25. The topological polar surface area (TPSA) is 20.2 Å². The Kier molecular flexibility index (Phi) is 5.87. The minimum absolute atomic E-state index is 0.125. The Morgan fingerprint density at radius 2 is 1.12 bits per heavy atom. The van der Waals surface area contributed by atoms with Gasteiger partial charge in [0.25, 0.3) is 0 Å². The fourth-order valence-corrected chi connectivity index (χ4v) is 7.08. The van der Waals surface area contributed by atoms with Gasteiger partial charge in [-0.3, -0.25) is 0 Å². The summed E-state index contributed by atoms with van der Waals surface area (Å²) in [5.74, 6) is 0. The van der Waals surface area contributed by atoms with Crippen LogP contribution in [0.15, 0.2) is 152 Å². The number of anilines is 4. The molecule has 0 bridgehead atoms. The first kappa shape index (κ1) is 25.4. The predicted octanol–water partition coefficient (Wildman–Crippen LogP) is 10.7. The molecular formula is C40H33N3. The molecule has 8 rings (SSSR count). The van der Waals surface area contributed by atoms with Crippen LogP contribution >= 0.6 is 0 Å². The van der Waals surface area contributed by atoms with E-state index >= 15 is 0 Å². The molecule has 6 aromatic carbocycles. The average Bonchev–Trinajstić information content (AvgIpc) is 3.54. The van der Waals surface area contributed by atoms with Crippen molar-refractivity contribution in [3.63, 3.8) is 0 Å². The Balaban J connectivity index is 1.32. The fourth-order valence-electron chi connectivity index (χ4n) is 7.08. The van der Waals surface area contributed by atoms with Crippen LogP contribution in [-0.2, 0) is 5.41 Å². The summed E-state index contributed by atoms with van der Waals surface area (Å²) in [5.41, 5.74) is 10.8. The zero-order chi connectivity index (χ0) is 29.0. The second kappa shape index (κ2) is 9.92. The summed E-state index contributed by atoms with van der Waals surface area (Å²) in [7, 11) is 0. The van der Waals surface area contributed by atoms with E-state index in [1.54, 1.807) is 0 Å². The molecule has 208 valence electrons. The van der Waals surface area contributed by atoms with Crippen molar-refractivity contribution in [3.05, 3.63) is 163 Å². The maximum Gasteiger partial charge on any atom is 0.0606 e. The molecule has 3 nitrogen and oxygen atoms in total. The SMILES string of the molecule is CC1(C)c2c(ccc3c4ccccc4n(-c4ccc(N(c5ccccc5)c5ccccc5)cc4)c23)NC1c1ccccc1. The molecular weight excluding hydrogens is 522 g/mol. The molecule has 1 aromatic heterocycles. The van der Waals surface area contributed by atoms with Crippen LogP contribution in [0.2, 0.25) is 0 Å². The van der Waals surface area contributed by atoms with Crippen molar-refractivity contribution < 1.29 is 0 Å². The van der Waals surface area contributed by atoms with Crippen molar-refractivity contribution in [2.75, 3.05) is 10.2 Å². The zero-order valence-electron chi connectivity index (χ0n) is 24.4. The Labute approximate surface area is 252 Å². The predicted molar refractivity (Wildman–Crippen MR) is 181 cm³/mol. The van der Waals surface area contributed by atoms with E-state index in [0.29, 0.717) is 0 Å². The summed E-state index contributed by atoms with van der Waals surface area (Å²) in [4.78, 5) is 2.31. The normalized spacial score (nSPS) is 15.3. The summed E-state index contributed by atoms with van der Waals surface area (Å²) in [6.45, 7) is 4.76. The highest BCUT2D eigenvalue weighted by atomic mass is 15.1. The largest absolute Gasteiger partial charge is 0.377 e. The minimum atomic E-state index is -0.125. The van der Waals surface area contributed by atoms with E-state index in [4.69, 9.17) is 0 Å². The molecule has 1 unspecified atom stereocenters. The highest BCUT2D eigenvalue weighted by Crippen LogP contribution is 2.52. The number of nitrogens with zero attached hydrogens (tertiary/aromatic N) is 2. The highest BCUT2D eigenvalue weighted by molar-refractivity contribution is 6.12. The summed E-state index contributed by atoms with van der Waals surface area (Å²) < 4.78 is 2.47. The van der Waals surface area contributed by atoms with Gasteiger partial charge in [0.15, 0.2) is 0 Å². The third-order valence-electron chi connectivity index (χ3n) is 9.03. The van der Waals surface area contributed by atoms with E-state index < -0.39 is 0 Å². The van der Waals surface area contributed by atoms with Crippen LogP contribution in [0.4, 0.5) is 22.7 Å². The molecule has 3 heteroatoms. The molecule has 43 heavy (non-hydrogen) atoms. The van der Waals surface area contributed by atoms with Gasteiger partial charge in [0, 0.05) is 50.2 Å². The van der Waals surface area contributed by atoms with Crippen LogP contribution in [0.1, 0.15) is 31.0 Å². The molecule has 1 atom stereocenters. The van der Waals surface area contributed by atoms with Crippen LogP contribution in [-0.4, -0.2) is 4.57 Å². The minimum Gasteiger partial charge on any atom is -0.377 e. The monoisotopic (exact) mass is 555 g/mol. The lowest BCUT2D eigenvalue weighted by Gasteiger charge is -2.29. The number of para-hydroxylation sites is 3. The zero-order valence-corrected chi connectivity index (χ0v) is 24.4. The smallest absolute Gasteiger partial charge is 0.0606 e. The third kappa shape index (κ3) is 4.04. The second-order valence-corrected chi connectivity index (χ2v) is 12.0. The second-order valence-electron chi connectivity index (χ2n) is 12.0. The summed E-state index contributed by atoms with van der Waals surface area (Å²) in [6.07, 6.45) is 0. The van der Waals surface area contributed by atoms with Crippen LogP contribution in [0.25, 0.3) is 27.5 Å².